The molecule has 0 aromatic heterocycles. The SMILES string of the molecule is NC(=O)/C(N)=C/C1=NCCCN(I)C1. The van der Waals surface area contributed by atoms with Crippen molar-refractivity contribution in [2.45, 2.75) is 6.42 Å². The van der Waals surface area contributed by atoms with Gasteiger partial charge in [-0.3, -0.25) is 9.79 Å². The molecule has 0 aliphatic carbocycles. The number of nitrogens with zero attached hydrogens (tertiary/aromatic N) is 2. The highest BCUT2D eigenvalue weighted by atomic mass is 127. The van der Waals surface area contributed by atoms with Crippen LogP contribution in [0.5, 0.6) is 0 Å². The molecule has 0 saturated carbocycles. The van der Waals surface area contributed by atoms with Gasteiger partial charge >= 0.3 is 0 Å². The minimum atomic E-state index is -0.600. The zero-order valence-corrected chi connectivity index (χ0v) is 9.90. The van der Waals surface area contributed by atoms with E-state index in [1.807, 2.05) is 0 Å². The van der Waals surface area contributed by atoms with Crippen molar-refractivity contribution in [2.75, 3.05) is 19.6 Å². The molecule has 5 nitrogen and oxygen atoms in total. The van der Waals surface area contributed by atoms with E-state index in [-0.39, 0.29) is 5.70 Å². The van der Waals surface area contributed by atoms with Crippen molar-refractivity contribution in [3.05, 3.63) is 11.8 Å². The van der Waals surface area contributed by atoms with Crippen LogP contribution in [0.2, 0.25) is 0 Å². The summed E-state index contributed by atoms with van der Waals surface area (Å²) < 4.78 is 2.11. The summed E-state index contributed by atoms with van der Waals surface area (Å²) in [5.74, 6) is -0.600. The average molecular weight is 308 g/mol. The van der Waals surface area contributed by atoms with E-state index < -0.39 is 5.91 Å². The second kappa shape index (κ2) is 5.30. The van der Waals surface area contributed by atoms with Crippen LogP contribution in [0.4, 0.5) is 0 Å². The largest absolute Gasteiger partial charge is 0.394 e. The van der Waals surface area contributed by atoms with Crippen molar-refractivity contribution in [2.24, 2.45) is 16.5 Å². The number of primary amides is 1. The lowest BCUT2D eigenvalue weighted by molar-refractivity contribution is -0.114. The Hall–Kier alpha value is -0.630. The highest BCUT2D eigenvalue weighted by Gasteiger charge is 2.09. The molecule has 0 unspecified atom stereocenters. The maximum Gasteiger partial charge on any atom is 0.264 e. The van der Waals surface area contributed by atoms with Crippen molar-refractivity contribution >= 4 is 34.5 Å². The van der Waals surface area contributed by atoms with Gasteiger partial charge in [-0.2, -0.15) is 0 Å². The first-order valence-electron chi connectivity index (χ1n) is 4.30. The lowest BCUT2D eigenvalue weighted by atomic mass is 10.3. The van der Waals surface area contributed by atoms with Crippen LogP contribution >= 0.6 is 22.9 Å². The summed E-state index contributed by atoms with van der Waals surface area (Å²) in [5, 5.41) is 0. The van der Waals surface area contributed by atoms with Crippen molar-refractivity contribution in [3.8, 4) is 0 Å². The van der Waals surface area contributed by atoms with E-state index in [4.69, 9.17) is 11.5 Å². The molecular weight excluding hydrogens is 295 g/mol. The van der Waals surface area contributed by atoms with Gasteiger partial charge in [0.25, 0.3) is 5.91 Å². The first-order chi connectivity index (χ1) is 6.59. The summed E-state index contributed by atoms with van der Waals surface area (Å²) in [6, 6.07) is 0. The summed E-state index contributed by atoms with van der Waals surface area (Å²) in [5.41, 5.74) is 11.3. The van der Waals surface area contributed by atoms with Crippen LogP contribution < -0.4 is 11.5 Å². The lowest BCUT2D eigenvalue weighted by Gasteiger charge is -2.09. The smallest absolute Gasteiger partial charge is 0.264 e. The second-order valence-electron chi connectivity index (χ2n) is 3.03. The lowest BCUT2D eigenvalue weighted by Crippen LogP contribution is -2.24. The molecule has 78 valence electrons. The van der Waals surface area contributed by atoms with Gasteiger partial charge in [-0.25, -0.2) is 3.11 Å². The molecule has 1 heterocycles. The fourth-order valence-electron chi connectivity index (χ4n) is 1.11. The third-order valence-electron chi connectivity index (χ3n) is 1.81. The summed E-state index contributed by atoms with van der Waals surface area (Å²) in [7, 11) is 0. The first-order valence-corrected chi connectivity index (χ1v) is 5.27. The van der Waals surface area contributed by atoms with E-state index in [1.54, 1.807) is 6.08 Å². The summed E-state index contributed by atoms with van der Waals surface area (Å²) in [6.45, 7) is 2.48. The zero-order chi connectivity index (χ0) is 10.6. The molecule has 1 amide bonds. The summed E-state index contributed by atoms with van der Waals surface area (Å²) in [4.78, 5) is 15.0. The van der Waals surface area contributed by atoms with Crippen LogP contribution in [0, 0.1) is 0 Å². The van der Waals surface area contributed by atoms with Gasteiger partial charge < -0.3 is 11.5 Å². The number of amides is 1. The summed E-state index contributed by atoms with van der Waals surface area (Å²) >= 11 is 2.23. The Kier molecular flexibility index (Phi) is 4.33. The van der Waals surface area contributed by atoms with Crippen LogP contribution in [0.25, 0.3) is 0 Å². The average Bonchev–Trinajstić information content (AvgIpc) is 2.29. The standard InChI is InChI=1S/C8H13IN4O/c9-13-3-1-2-12-6(5-13)4-7(10)8(11)14/h4H,1-3,5,10H2,(H2,11,14)/b7-4-. The number of aliphatic imine (C=N–C) groups is 1. The maximum absolute atomic E-state index is 10.7. The van der Waals surface area contributed by atoms with E-state index in [0.29, 0.717) is 6.54 Å². The monoisotopic (exact) mass is 308 g/mol. The fourth-order valence-corrected chi connectivity index (χ4v) is 1.80. The van der Waals surface area contributed by atoms with Crippen molar-refractivity contribution in [3.63, 3.8) is 0 Å². The predicted octanol–water partition coefficient (Wildman–Crippen LogP) is -0.189. The first kappa shape index (κ1) is 11.4. The molecule has 0 aromatic carbocycles. The van der Waals surface area contributed by atoms with E-state index in [0.717, 1.165) is 25.2 Å². The maximum atomic E-state index is 10.7. The predicted molar refractivity (Wildman–Crippen MR) is 64.0 cm³/mol. The van der Waals surface area contributed by atoms with Gasteiger partial charge in [-0.15, -0.1) is 0 Å². The molecule has 0 saturated heterocycles. The molecule has 0 fully saturated rings. The number of nitrogens with two attached hydrogens (primary N) is 2. The molecule has 14 heavy (non-hydrogen) atoms. The molecule has 0 aromatic rings. The van der Waals surface area contributed by atoms with Gasteiger partial charge in [0.05, 0.1) is 18.0 Å². The Bertz CT molecular complexity index is 287. The number of halogens is 1. The van der Waals surface area contributed by atoms with Gasteiger partial charge in [0.2, 0.25) is 0 Å². The van der Waals surface area contributed by atoms with Gasteiger partial charge in [-0.05, 0) is 12.5 Å². The minimum Gasteiger partial charge on any atom is -0.394 e. The number of carbonyl (C=O) groups is 1. The minimum absolute atomic E-state index is 0.0652. The van der Waals surface area contributed by atoms with E-state index >= 15 is 0 Å². The van der Waals surface area contributed by atoms with Gasteiger partial charge in [0.15, 0.2) is 0 Å². The molecule has 0 bridgehead atoms. The number of hydrogen-bond donors (Lipinski definition) is 2. The second-order valence-corrected chi connectivity index (χ2v) is 4.40. The van der Waals surface area contributed by atoms with E-state index in [9.17, 15) is 4.79 Å². The molecule has 0 atom stereocenters. The van der Waals surface area contributed by atoms with Crippen LogP contribution in [-0.2, 0) is 4.79 Å². The highest BCUT2D eigenvalue weighted by Crippen LogP contribution is 2.06. The molecule has 1 aliphatic rings. The van der Waals surface area contributed by atoms with Crippen LogP contribution in [0.15, 0.2) is 16.8 Å². The fraction of sp³-hybridized carbons (Fsp3) is 0.500. The van der Waals surface area contributed by atoms with E-state index in [2.05, 4.69) is 31.0 Å². The number of rotatable bonds is 2. The Morgan fingerprint density at radius 1 is 1.57 bits per heavy atom. The van der Waals surface area contributed by atoms with Gasteiger partial charge in [-0.1, -0.05) is 0 Å². The molecule has 0 spiro atoms. The third-order valence-corrected chi connectivity index (χ3v) is 2.64. The van der Waals surface area contributed by atoms with Crippen molar-refractivity contribution in [1.82, 2.24) is 3.11 Å². The van der Waals surface area contributed by atoms with Crippen LogP contribution in [0.1, 0.15) is 6.42 Å². The van der Waals surface area contributed by atoms with Crippen molar-refractivity contribution in [1.29, 1.82) is 0 Å². The number of carbonyl (C=O) groups excluding carboxylic acids is 1. The normalized spacial score (nSPS) is 20.1. The molecule has 1 aliphatic heterocycles. The quantitative estimate of drug-likeness (QED) is 0.421. The van der Waals surface area contributed by atoms with Crippen LogP contribution in [-0.4, -0.2) is 34.4 Å². The molecule has 4 N–H and O–H groups in total. The molecule has 0 radical (unpaired) electrons. The molecule has 6 heteroatoms. The van der Waals surface area contributed by atoms with Crippen molar-refractivity contribution < 1.29 is 4.79 Å². The topological polar surface area (TPSA) is 84.7 Å². The van der Waals surface area contributed by atoms with Crippen LogP contribution in [0.3, 0.4) is 0 Å². The highest BCUT2D eigenvalue weighted by molar-refractivity contribution is 14.1. The number of hydrogen-bond acceptors (Lipinski definition) is 4. The molecule has 1 rings (SSSR count). The Morgan fingerprint density at radius 2 is 2.29 bits per heavy atom. The summed E-state index contributed by atoms with van der Waals surface area (Å²) in [6.07, 6.45) is 2.58. The van der Waals surface area contributed by atoms with Gasteiger partial charge in [0.1, 0.15) is 0 Å². The zero-order valence-electron chi connectivity index (χ0n) is 7.74. The molecular formula is C8H13IN4O. The van der Waals surface area contributed by atoms with Gasteiger partial charge in [0, 0.05) is 36.0 Å². The Balaban J connectivity index is 2.71. The third kappa shape index (κ3) is 3.62. The Morgan fingerprint density at radius 3 is 2.93 bits per heavy atom. The Labute approximate surface area is 96.7 Å². The van der Waals surface area contributed by atoms with E-state index in [1.165, 1.54) is 0 Å².